The molecule has 0 atom stereocenters. The molecule has 0 radical (unpaired) electrons. The lowest BCUT2D eigenvalue weighted by atomic mass is 10.1. The molecule has 3 nitrogen and oxygen atoms in total. The number of fused-ring (bicyclic) bond motifs is 1. The number of para-hydroxylation sites is 1. The number of nitrogens with zero attached hydrogens (tertiary/aromatic N) is 1. The van der Waals surface area contributed by atoms with E-state index in [0.29, 0.717) is 0 Å². The first-order valence-electron chi connectivity index (χ1n) is 5.99. The maximum absolute atomic E-state index is 11.5. The lowest BCUT2D eigenvalue weighted by molar-refractivity contribution is -0.116. The van der Waals surface area contributed by atoms with Gasteiger partial charge in [-0.05, 0) is 37.6 Å². The summed E-state index contributed by atoms with van der Waals surface area (Å²) in [7, 11) is 0. The molecule has 1 aromatic heterocycles. The lowest BCUT2D eigenvalue weighted by Crippen LogP contribution is -2.28. The Kier molecular flexibility index (Phi) is 3.72. The fourth-order valence-corrected chi connectivity index (χ4v) is 1.76. The Morgan fingerprint density at radius 2 is 2.06 bits per heavy atom. The van der Waals surface area contributed by atoms with Crippen molar-refractivity contribution in [3.05, 3.63) is 48.2 Å². The Morgan fingerprint density at radius 1 is 1.28 bits per heavy atom. The van der Waals surface area contributed by atoms with Gasteiger partial charge in [0.1, 0.15) is 0 Å². The second kappa shape index (κ2) is 5.45. The lowest BCUT2D eigenvalue weighted by Gasteiger charge is -2.04. The van der Waals surface area contributed by atoms with Gasteiger partial charge in [0.15, 0.2) is 0 Å². The first-order valence-corrected chi connectivity index (χ1v) is 5.99. The monoisotopic (exact) mass is 240 g/mol. The van der Waals surface area contributed by atoms with E-state index < -0.39 is 0 Å². The van der Waals surface area contributed by atoms with Crippen LogP contribution in [0.5, 0.6) is 0 Å². The summed E-state index contributed by atoms with van der Waals surface area (Å²) in [5, 5.41) is 3.87. The van der Waals surface area contributed by atoms with Crippen LogP contribution in [0.4, 0.5) is 0 Å². The third-order valence-electron chi connectivity index (χ3n) is 2.53. The molecule has 18 heavy (non-hydrogen) atoms. The van der Waals surface area contributed by atoms with Gasteiger partial charge in [-0.2, -0.15) is 0 Å². The zero-order chi connectivity index (χ0) is 13.0. The molecule has 1 amide bonds. The van der Waals surface area contributed by atoms with Crippen molar-refractivity contribution in [1.82, 2.24) is 10.3 Å². The average molecular weight is 240 g/mol. The maximum Gasteiger partial charge on any atom is 0.244 e. The number of amides is 1. The van der Waals surface area contributed by atoms with E-state index in [2.05, 4.69) is 10.3 Å². The third kappa shape index (κ3) is 2.94. The van der Waals surface area contributed by atoms with E-state index in [1.54, 1.807) is 12.3 Å². The van der Waals surface area contributed by atoms with Crippen molar-refractivity contribution >= 4 is 22.9 Å². The highest BCUT2D eigenvalue weighted by Crippen LogP contribution is 2.17. The first-order chi connectivity index (χ1) is 8.66. The number of aromatic nitrogens is 1. The summed E-state index contributed by atoms with van der Waals surface area (Å²) >= 11 is 0. The third-order valence-corrected chi connectivity index (χ3v) is 2.53. The molecule has 0 bridgehead atoms. The highest BCUT2D eigenvalue weighted by molar-refractivity contribution is 5.95. The van der Waals surface area contributed by atoms with Gasteiger partial charge in [0, 0.05) is 23.7 Å². The van der Waals surface area contributed by atoms with Crippen molar-refractivity contribution in [2.45, 2.75) is 19.9 Å². The van der Waals surface area contributed by atoms with Gasteiger partial charge in [0.05, 0.1) is 5.52 Å². The summed E-state index contributed by atoms with van der Waals surface area (Å²) in [5.41, 5.74) is 1.93. The van der Waals surface area contributed by atoms with E-state index in [9.17, 15) is 4.79 Å². The minimum absolute atomic E-state index is 0.0779. The Balaban J connectivity index is 2.27. The summed E-state index contributed by atoms with van der Waals surface area (Å²) in [6.45, 7) is 3.88. The van der Waals surface area contributed by atoms with Crippen LogP contribution < -0.4 is 5.32 Å². The molecule has 92 valence electrons. The van der Waals surface area contributed by atoms with Gasteiger partial charge < -0.3 is 5.32 Å². The van der Waals surface area contributed by atoms with Gasteiger partial charge >= 0.3 is 0 Å². The molecule has 1 aromatic carbocycles. The second-order valence-corrected chi connectivity index (χ2v) is 4.41. The summed E-state index contributed by atoms with van der Waals surface area (Å²) in [6, 6.07) is 9.94. The second-order valence-electron chi connectivity index (χ2n) is 4.41. The quantitative estimate of drug-likeness (QED) is 0.838. The van der Waals surface area contributed by atoms with Crippen molar-refractivity contribution in [2.24, 2.45) is 0 Å². The Morgan fingerprint density at radius 3 is 2.83 bits per heavy atom. The van der Waals surface area contributed by atoms with E-state index in [-0.39, 0.29) is 11.9 Å². The van der Waals surface area contributed by atoms with Crippen molar-refractivity contribution in [2.75, 3.05) is 0 Å². The summed E-state index contributed by atoms with van der Waals surface area (Å²) in [4.78, 5) is 15.8. The van der Waals surface area contributed by atoms with Crippen LogP contribution in [-0.4, -0.2) is 16.9 Å². The van der Waals surface area contributed by atoms with Crippen LogP contribution in [0, 0.1) is 0 Å². The minimum atomic E-state index is -0.0779. The van der Waals surface area contributed by atoms with Crippen molar-refractivity contribution < 1.29 is 4.79 Å². The number of carbonyl (C=O) groups excluding carboxylic acids is 1. The van der Waals surface area contributed by atoms with Crippen LogP contribution in [0.15, 0.2) is 42.6 Å². The number of carbonyl (C=O) groups is 1. The molecule has 0 aliphatic rings. The van der Waals surface area contributed by atoms with Crippen molar-refractivity contribution in [3.8, 4) is 0 Å². The molecule has 2 rings (SSSR count). The Labute approximate surface area is 107 Å². The number of hydrogen-bond acceptors (Lipinski definition) is 2. The van der Waals surface area contributed by atoms with Gasteiger partial charge in [-0.25, -0.2) is 0 Å². The van der Waals surface area contributed by atoms with Gasteiger partial charge in [0.25, 0.3) is 0 Å². The van der Waals surface area contributed by atoms with Crippen molar-refractivity contribution in [1.29, 1.82) is 0 Å². The molecule has 0 saturated carbocycles. The molecule has 0 aliphatic carbocycles. The highest BCUT2D eigenvalue weighted by Gasteiger charge is 2.00. The number of rotatable bonds is 3. The Hall–Kier alpha value is -2.16. The largest absolute Gasteiger partial charge is 0.350 e. The standard InChI is InChI=1S/C15H16N2O/c1-11(2)17-15(18)8-7-12-9-10-16-14-6-4-3-5-13(12)14/h3-11H,1-2H3,(H,17,18). The highest BCUT2D eigenvalue weighted by atomic mass is 16.1. The number of nitrogens with one attached hydrogen (secondary N) is 1. The molecule has 0 spiro atoms. The topological polar surface area (TPSA) is 42.0 Å². The zero-order valence-corrected chi connectivity index (χ0v) is 10.6. The predicted molar refractivity (Wildman–Crippen MR) is 74.1 cm³/mol. The molecular weight excluding hydrogens is 224 g/mol. The molecule has 3 heteroatoms. The van der Waals surface area contributed by atoms with E-state index in [1.807, 2.05) is 50.3 Å². The fourth-order valence-electron chi connectivity index (χ4n) is 1.76. The van der Waals surface area contributed by atoms with E-state index in [0.717, 1.165) is 16.5 Å². The van der Waals surface area contributed by atoms with Gasteiger partial charge in [0.2, 0.25) is 5.91 Å². The number of benzene rings is 1. The maximum atomic E-state index is 11.5. The van der Waals surface area contributed by atoms with Crippen LogP contribution in [0.1, 0.15) is 19.4 Å². The van der Waals surface area contributed by atoms with Gasteiger partial charge in [-0.1, -0.05) is 18.2 Å². The smallest absolute Gasteiger partial charge is 0.244 e. The van der Waals surface area contributed by atoms with Crippen LogP contribution in [0.2, 0.25) is 0 Å². The van der Waals surface area contributed by atoms with Gasteiger partial charge in [-0.3, -0.25) is 9.78 Å². The molecule has 1 heterocycles. The van der Waals surface area contributed by atoms with Crippen molar-refractivity contribution in [3.63, 3.8) is 0 Å². The molecule has 0 aliphatic heterocycles. The molecule has 0 saturated heterocycles. The number of hydrogen-bond donors (Lipinski definition) is 1. The van der Waals surface area contributed by atoms with Crippen LogP contribution in [0.25, 0.3) is 17.0 Å². The zero-order valence-electron chi connectivity index (χ0n) is 10.6. The summed E-state index contributed by atoms with van der Waals surface area (Å²) in [6.07, 6.45) is 5.13. The van der Waals surface area contributed by atoms with Crippen LogP contribution in [-0.2, 0) is 4.79 Å². The average Bonchev–Trinajstić information content (AvgIpc) is 2.35. The van der Waals surface area contributed by atoms with E-state index in [1.165, 1.54) is 0 Å². The van der Waals surface area contributed by atoms with Gasteiger partial charge in [-0.15, -0.1) is 0 Å². The molecule has 1 N–H and O–H groups in total. The van der Waals surface area contributed by atoms with E-state index in [4.69, 9.17) is 0 Å². The molecule has 0 fully saturated rings. The van der Waals surface area contributed by atoms with Crippen LogP contribution in [0.3, 0.4) is 0 Å². The SMILES string of the molecule is CC(C)NC(=O)C=Cc1ccnc2ccccc12. The molecule has 2 aromatic rings. The first kappa shape index (κ1) is 12.3. The predicted octanol–water partition coefficient (Wildman–Crippen LogP) is 2.77. The molecular formula is C15H16N2O. The van der Waals surface area contributed by atoms with Crippen LogP contribution >= 0.6 is 0 Å². The fraction of sp³-hybridized carbons (Fsp3) is 0.200. The van der Waals surface area contributed by atoms with E-state index >= 15 is 0 Å². The summed E-state index contributed by atoms with van der Waals surface area (Å²) in [5.74, 6) is -0.0779. The minimum Gasteiger partial charge on any atom is -0.350 e. The summed E-state index contributed by atoms with van der Waals surface area (Å²) < 4.78 is 0. The normalized spacial score (nSPS) is 11.3. The number of pyridine rings is 1. The molecule has 0 unspecified atom stereocenters. The Bertz CT molecular complexity index is 583.